The van der Waals surface area contributed by atoms with Crippen LogP contribution in [0.1, 0.15) is 53.5 Å². The molecule has 0 atom stereocenters. The minimum atomic E-state index is -4.98. The van der Waals surface area contributed by atoms with E-state index in [1.165, 1.54) is 11.9 Å². The standard InChI is InChI=1S/C27H34F6N8/c1-36-23-19(11-34)9-20(24(38-23)40(12-16-3-4-16)13-17-5-6-17)15-41(25(35)39-37-2)14-18-7-21(26(28,29)30)10-22(8-18)27(31,32)33/h7-11,16-17,34,37H,3-6,12-15H2,1-2H3,(H2,35,39)(H,36,38). The van der Waals surface area contributed by atoms with Gasteiger partial charge in [-0.25, -0.2) is 4.98 Å². The molecule has 0 saturated heterocycles. The Morgan fingerprint density at radius 1 is 0.976 bits per heavy atom. The topological polar surface area (TPSA) is 106 Å². The highest BCUT2D eigenvalue weighted by Crippen LogP contribution is 2.39. The van der Waals surface area contributed by atoms with Crippen LogP contribution in [0.3, 0.4) is 0 Å². The minimum Gasteiger partial charge on any atom is -0.373 e. The molecule has 0 spiro atoms. The fourth-order valence-electron chi connectivity index (χ4n) is 4.67. The second kappa shape index (κ2) is 12.0. The summed E-state index contributed by atoms with van der Waals surface area (Å²) in [4.78, 5) is 8.42. The number of rotatable bonds is 12. The van der Waals surface area contributed by atoms with Crippen LogP contribution >= 0.6 is 0 Å². The Kier molecular flexibility index (Phi) is 8.88. The van der Waals surface area contributed by atoms with Gasteiger partial charge in [-0.05, 0) is 67.3 Å². The van der Waals surface area contributed by atoms with E-state index < -0.39 is 23.5 Å². The largest absolute Gasteiger partial charge is 0.416 e. The summed E-state index contributed by atoms with van der Waals surface area (Å²) in [6.07, 6.45) is -4.38. The Balaban J connectivity index is 1.77. The smallest absolute Gasteiger partial charge is 0.373 e. The number of nitrogens with zero attached hydrogens (tertiary/aromatic N) is 4. The van der Waals surface area contributed by atoms with Crippen molar-refractivity contribution in [3.63, 3.8) is 0 Å². The second-order valence-corrected chi connectivity index (χ2v) is 10.6. The summed E-state index contributed by atoms with van der Waals surface area (Å²) in [5, 5.41) is 14.9. The third-order valence-electron chi connectivity index (χ3n) is 7.08. The van der Waals surface area contributed by atoms with Crippen LogP contribution in [0.4, 0.5) is 38.0 Å². The summed E-state index contributed by atoms with van der Waals surface area (Å²) in [5.41, 5.74) is 6.77. The van der Waals surface area contributed by atoms with Crippen LogP contribution in [-0.4, -0.2) is 49.2 Å². The summed E-state index contributed by atoms with van der Waals surface area (Å²) in [7, 11) is 3.17. The van der Waals surface area contributed by atoms with E-state index in [9.17, 15) is 26.3 Å². The van der Waals surface area contributed by atoms with Crippen LogP contribution in [0.25, 0.3) is 0 Å². The number of anilines is 2. The Bertz CT molecular complexity index is 1220. The quantitative estimate of drug-likeness (QED) is 0.118. The van der Waals surface area contributed by atoms with Crippen molar-refractivity contribution in [2.24, 2.45) is 22.7 Å². The number of pyridine rings is 1. The highest BCUT2D eigenvalue weighted by molar-refractivity contribution is 5.86. The molecule has 2 aliphatic rings. The molecule has 2 aliphatic carbocycles. The number of nitrogens with one attached hydrogen (secondary N) is 3. The predicted molar refractivity (Wildman–Crippen MR) is 146 cm³/mol. The Morgan fingerprint density at radius 2 is 1.54 bits per heavy atom. The van der Waals surface area contributed by atoms with Gasteiger partial charge in [0.25, 0.3) is 0 Å². The van der Waals surface area contributed by atoms with Gasteiger partial charge in [0.1, 0.15) is 11.6 Å². The summed E-state index contributed by atoms with van der Waals surface area (Å²) in [5.74, 6) is 2.06. The van der Waals surface area contributed by atoms with Gasteiger partial charge in [0.2, 0.25) is 5.96 Å². The van der Waals surface area contributed by atoms with E-state index in [1.54, 1.807) is 13.1 Å². The van der Waals surface area contributed by atoms with Gasteiger partial charge >= 0.3 is 12.4 Å². The first-order valence-electron chi connectivity index (χ1n) is 13.3. The number of guanidine groups is 1. The third kappa shape index (κ3) is 7.94. The molecule has 41 heavy (non-hydrogen) atoms. The molecule has 1 aromatic heterocycles. The number of nitrogens with two attached hydrogens (primary N) is 1. The molecule has 2 saturated carbocycles. The van der Waals surface area contributed by atoms with Gasteiger partial charge in [0, 0.05) is 57.6 Å². The van der Waals surface area contributed by atoms with E-state index in [0.717, 1.165) is 45.0 Å². The van der Waals surface area contributed by atoms with Crippen LogP contribution in [0.2, 0.25) is 0 Å². The number of halogens is 6. The van der Waals surface area contributed by atoms with Gasteiger partial charge in [0.05, 0.1) is 11.1 Å². The summed E-state index contributed by atoms with van der Waals surface area (Å²) >= 11 is 0. The van der Waals surface area contributed by atoms with Crippen molar-refractivity contribution in [2.45, 2.75) is 51.1 Å². The lowest BCUT2D eigenvalue weighted by molar-refractivity contribution is -0.143. The van der Waals surface area contributed by atoms with Crippen molar-refractivity contribution < 1.29 is 26.3 Å². The molecule has 224 valence electrons. The zero-order valence-electron chi connectivity index (χ0n) is 22.8. The number of hydrazone groups is 1. The van der Waals surface area contributed by atoms with Crippen molar-refractivity contribution >= 4 is 23.8 Å². The number of hydrogen-bond acceptors (Lipinski definition) is 6. The SMILES string of the molecule is CN/N=C(\N)N(Cc1cc(C(F)(F)F)cc(C(F)(F)F)c1)Cc1cc(C=N)c(NC)nc1N(CC1CC1)CC1CC1. The van der Waals surface area contributed by atoms with E-state index in [4.69, 9.17) is 16.1 Å². The second-order valence-electron chi connectivity index (χ2n) is 10.6. The van der Waals surface area contributed by atoms with Crippen LogP contribution in [0.5, 0.6) is 0 Å². The molecule has 14 heteroatoms. The zero-order valence-corrected chi connectivity index (χ0v) is 22.8. The Hall–Kier alpha value is -3.71. The molecule has 0 aliphatic heterocycles. The number of alkyl halides is 6. The lowest BCUT2D eigenvalue weighted by Gasteiger charge is -2.30. The average Bonchev–Trinajstić information content (AvgIpc) is 3.84. The molecule has 2 fully saturated rings. The maximum atomic E-state index is 13.5. The summed E-state index contributed by atoms with van der Waals surface area (Å²) in [6, 6.07) is 3.23. The lowest BCUT2D eigenvalue weighted by atomic mass is 10.0. The number of aromatic nitrogens is 1. The predicted octanol–water partition coefficient (Wildman–Crippen LogP) is 5.24. The average molecular weight is 585 g/mol. The van der Waals surface area contributed by atoms with E-state index in [0.29, 0.717) is 46.7 Å². The van der Waals surface area contributed by atoms with Gasteiger partial charge in [-0.1, -0.05) is 0 Å². The molecule has 0 radical (unpaired) electrons. The minimum absolute atomic E-state index is 0.0202. The van der Waals surface area contributed by atoms with Gasteiger partial charge < -0.3 is 31.7 Å². The normalized spacial score (nSPS) is 16.0. The molecule has 5 N–H and O–H groups in total. The zero-order chi connectivity index (χ0) is 29.9. The molecule has 2 aromatic rings. The molecular weight excluding hydrogens is 550 g/mol. The van der Waals surface area contributed by atoms with E-state index >= 15 is 0 Å². The number of benzene rings is 1. The maximum absolute atomic E-state index is 13.5. The molecule has 1 aromatic carbocycles. The molecule has 1 heterocycles. The van der Waals surface area contributed by atoms with Crippen molar-refractivity contribution in [3.8, 4) is 0 Å². The van der Waals surface area contributed by atoms with Gasteiger partial charge in [-0.2, -0.15) is 26.3 Å². The van der Waals surface area contributed by atoms with Gasteiger partial charge in [-0.3, -0.25) is 0 Å². The first kappa shape index (κ1) is 30.3. The highest BCUT2D eigenvalue weighted by atomic mass is 19.4. The molecule has 8 nitrogen and oxygen atoms in total. The lowest BCUT2D eigenvalue weighted by Crippen LogP contribution is -2.39. The van der Waals surface area contributed by atoms with E-state index in [2.05, 4.69) is 20.7 Å². The molecule has 4 rings (SSSR count). The van der Waals surface area contributed by atoms with E-state index in [1.807, 2.05) is 0 Å². The first-order chi connectivity index (χ1) is 19.3. The van der Waals surface area contributed by atoms with Crippen molar-refractivity contribution in [1.82, 2.24) is 15.3 Å². The molecule has 0 amide bonds. The van der Waals surface area contributed by atoms with Crippen LogP contribution in [0.15, 0.2) is 29.4 Å². The van der Waals surface area contributed by atoms with Crippen molar-refractivity contribution in [3.05, 3.63) is 52.1 Å². The molecule has 0 unspecified atom stereocenters. The Labute approximate surface area is 234 Å². The summed E-state index contributed by atoms with van der Waals surface area (Å²) in [6.45, 7) is 1.16. The van der Waals surface area contributed by atoms with Crippen molar-refractivity contribution in [2.75, 3.05) is 37.4 Å². The maximum Gasteiger partial charge on any atom is 0.416 e. The Morgan fingerprint density at radius 3 is 1.98 bits per heavy atom. The van der Waals surface area contributed by atoms with E-state index in [-0.39, 0.29) is 30.7 Å². The third-order valence-corrected chi connectivity index (χ3v) is 7.08. The van der Waals surface area contributed by atoms with Crippen molar-refractivity contribution in [1.29, 1.82) is 5.41 Å². The fourth-order valence-corrected chi connectivity index (χ4v) is 4.67. The van der Waals surface area contributed by atoms with Crippen LogP contribution in [0, 0.1) is 17.2 Å². The van der Waals surface area contributed by atoms with Crippen LogP contribution < -0.4 is 21.4 Å². The highest BCUT2D eigenvalue weighted by Gasteiger charge is 2.37. The molecule has 0 bridgehead atoms. The number of hydrogen-bond donors (Lipinski definition) is 4. The van der Waals surface area contributed by atoms with Crippen LogP contribution in [-0.2, 0) is 25.4 Å². The fraction of sp³-hybridized carbons (Fsp3) is 0.519. The molecular formula is C27H34F6N8. The van der Waals surface area contributed by atoms with Gasteiger partial charge in [-0.15, -0.1) is 5.10 Å². The monoisotopic (exact) mass is 584 g/mol. The summed E-state index contributed by atoms with van der Waals surface area (Å²) < 4.78 is 81.2. The first-order valence-corrected chi connectivity index (χ1v) is 13.3. The van der Waals surface area contributed by atoms with Gasteiger partial charge in [0.15, 0.2) is 0 Å².